The van der Waals surface area contributed by atoms with Gasteiger partial charge < -0.3 is 20.1 Å². The molecule has 110 valence electrons. The van der Waals surface area contributed by atoms with Gasteiger partial charge in [-0.1, -0.05) is 13.0 Å². The Morgan fingerprint density at radius 2 is 2.40 bits per heavy atom. The van der Waals surface area contributed by atoms with Crippen molar-refractivity contribution in [3.63, 3.8) is 0 Å². The zero-order chi connectivity index (χ0) is 14.4. The SMILES string of the molecule is CCCNCc1ccc(OCC2CNC(=O)O2)c(F)c1. The van der Waals surface area contributed by atoms with Gasteiger partial charge in [-0.05, 0) is 30.7 Å². The van der Waals surface area contributed by atoms with Gasteiger partial charge >= 0.3 is 6.09 Å². The highest BCUT2D eigenvalue weighted by Gasteiger charge is 2.23. The van der Waals surface area contributed by atoms with Crippen LogP contribution < -0.4 is 15.4 Å². The molecule has 1 aromatic carbocycles. The Kier molecular flexibility index (Phi) is 5.17. The first-order valence-electron chi connectivity index (χ1n) is 6.75. The van der Waals surface area contributed by atoms with Crippen molar-refractivity contribution in [2.75, 3.05) is 19.7 Å². The summed E-state index contributed by atoms with van der Waals surface area (Å²) in [5.74, 6) is -0.231. The minimum absolute atomic E-state index is 0.142. The molecule has 1 fully saturated rings. The second-order valence-electron chi connectivity index (χ2n) is 4.66. The number of hydrogen-bond acceptors (Lipinski definition) is 4. The highest BCUT2D eigenvalue weighted by Crippen LogP contribution is 2.19. The molecule has 0 aliphatic carbocycles. The van der Waals surface area contributed by atoms with Gasteiger partial charge in [0.05, 0.1) is 6.54 Å². The fourth-order valence-corrected chi connectivity index (χ4v) is 1.89. The smallest absolute Gasteiger partial charge is 0.407 e. The molecular formula is C14H19FN2O3. The van der Waals surface area contributed by atoms with Crippen molar-refractivity contribution in [3.05, 3.63) is 29.6 Å². The van der Waals surface area contributed by atoms with E-state index in [9.17, 15) is 9.18 Å². The number of halogens is 1. The van der Waals surface area contributed by atoms with Gasteiger partial charge in [-0.3, -0.25) is 0 Å². The van der Waals surface area contributed by atoms with Crippen LogP contribution in [-0.2, 0) is 11.3 Å². The van der Waals surface area contributed by atoms with E-state index < -0.39 is 11.9 Å². The number of ether oxygens (including phenoxy) is 2. The Balaban J connectivity index is 1.84. The van der Waals surface area contributed by atoms with E-state index in [1.54, 1.807) is 6.07 Å². The largest absolute Gasteiger partial charge is 0.487 e. The van der Waals surface area contributed by atoms with Gasteiger partial charge in [-0.25, -0.2) is 9.18 Å². The first-order valence-corrected chi connectivity index (χ1v) is 6.75. The number of benzene rings is 1. The summed E-state index contributed by atoms with van der Waals surface area (Å²) in [5.41, 5.74) is 0.872. The van der Waals surface area contributed by atoms with Crippen LogP contribution in [0.2, 0.25) is 0 Å². The van der Waals surface area contributed by atoms with Gasteiger partial charge in [0.15, 0.2) is 17.7 Å². The lowest BCUT2D eigenvalue weighted by atomic mass is 10.2. The van der Waals surface area contributed by atoms with Gasteiger partial charge in [-0.2, -0.15) is 0 Å². The lowest BCUT2D eigenvalue weighted by Gasteiger charge is -2.12. The topological polar surface area (TPSA) is 59.6 Å². The van der Waals surface area contributed by atoms with E-state index in [0.717, 1.165) is 18.5 Å². The van der Waals surface area contributed by atoms with Crippen molar-refractivity contribution >= 4 is 6.09 Å². The molecule has 1 aromatic rings. The first-order chi connectivity index (χ1) is 9.69. The molecule has 1 aliphatic rings. The molecule has 20 heavy (non-hydrogen) atoms. The summed E-state index contributed by atoms with van der Waals surface area (Å²) in [7, 11) is 0. The first kappa shape index (κ1) is 14.6. The zero-order valence-corrected chi connectivity index (χ0v) is 11.4. The van der Waals surface area contributed by atoms with Crippen LogP contribution in [-0.4, -0.2) is 31.9 Å². The molecule has 0 radical (unpaired) electrons. The molecule has 5 nitrogen and oxygen atoms in total. The number of rotatable bonds is 7. The number of carbonyl (C=O) groups excluding carboxylic acids is 1. The van der Waals surface area contributed by atoms with E-state index in [1.165, 1.54) is 6.07 Å². The molecular weight excluding hydrogens is 263 g/mol. The van der Waals surface area contributed by atoms with Crippen LogP contribution in [0.4, 0.5) is 9.18 Å². The predicted octanol–water partition coefficient (Wildman–Crippen LogP) is 1.81. The number of nitrogens with one attached hydrogen (secondary N) is 2. The summed E-state index contributed by atoms with van der Waals surface area (Å²) in [5, 5.41) is 5.72. The molecule has 2 N–H and O–H groups in total. The maximum Gasteiger partial charge on any atom is 0.407 e. The molecule has 1 saturated heterocycles. The van der Waals surface area contributed by atoms with Gasteiger partial charge in [0.2, 0.25) is 0 Å². The minimum atomic E-state index is -0.462. The molecule has 0 aromatic heterocycles. The summed E-state index contributed by atoms with van der Waals surface area (Å²) in [6, 6.07) is 4.87. The number of amides is 1. The molecule has 1 aliphatic heterocycles. The Bertz CT molecular complexity index is 468. The third-order valence-corrected chi connectivity index (χ3v) is 2.92. The van der Waals surface area contributed by atoms with Gasteiger partial charge in [0.1, 0.15) is 6.61 Å². The highest BCUT2D eigenvalue weighted by molar-refractivity contribution is 5.69. The van der Waals surface area contributed by atoms with Crippen molar-refractivity contribution in [2.45, 2.75) is 26.0 Å². The molecule has 0 bridgehead atoms. The number of cyclic esters (lactones) is 1. The summed E-state index contributed by atoms with van der Waals surface area (Å²) in [6.07, 6.45) is 0.210. The normalized spacial score (nSPS) is 17.7. The second kappa shape index (κ2) is 7.09. The molecule has 0 spiro atoms. The van der Waals surface area contributed by atoms with Crippen LogP contribution in [0, 0.1) is 5.82 Å². The minimum Gasteiger partial charge on any atom is -0.487 e. The van der Waals surface area contributed by atoms with Crippen molar-refractivity contribution in [1.29, 1.82) is 0 Å². The summed E-state index contributed by atoms with van der Waals surface area (Å²) in [4.78, 5) is 10.8. The maximum atomic E-state index is 13.8. The van der Waals surface area contributed by atoms with E-state index in [4.69, 9.17) is 9.47 Å². The van der Waals surface area contributed by atoms with E-state index >= 15 is 0 Å². The van der Waals surface area contributed by atoms with Gasteiger partial charge in [-0.15, -0.1) is 0 Å². The summed E-state index contributed by atoms with van der Waals surface area (Å²) in [6.45, 7) is 4.15. The molecule has 1 heterocycles. The van der Waals surface area contributed by atoms with E-state index in [2.05, 4.69) is 17.6 Å². The van der Waals surface area contributed by atoms with Crippen molar-refractivity contribution in [3.8, 4) is 5.75 Å². The van der Waals surface area contributed by atoms with Crippen LogP contribution in [0.3, 0.4) is 0 Å². The molecule has 6 heteroatoms. The van der Waals surface area contributed by atoms with E-state index in [1.807, 2.05) is 6.07 Å². The molecule has 1 atom stereocenters. The zero-order valence-electron chi connectivity index (χ0n) is 11.4. The molecule has 1 amide bonds. The Morgan fingerprint density at radius 3 is 3.05 bits per heavy atom. The average molecular weight is 282 g/mol. The average Bonchev–Trinajstić information content (AvgIpc) is 2.84. The van der Waals surface area contributed by atoms with Crippen LogP contribution >= 0.6 is 0 Å². The lowest BCUT2D eigenvalue weighted by molar-refractivity contribution is 0.103. The van der Waals surface area contributed by atoms with Crippen LogP contribution in [0.25, 0.3) is 0 Å². The fraction of sp³-hybridized carbons (Fsp3) is 0.500. The second-order valence-corrected chi connectivity index (χ2v) is 4.66. The third-order valence-electron chi connectivity index (χ3n) is 2.92. The quantitative estimate of drug-likeness (QED) is 0.749. The van der Waals surface area contributed by atoms with Crippen molar-refractivity contribution < 1.29 is 18.7 Å². The third kappa shape index (κ3) is 4.09. The van der Waals surface area contributed by atoms with Crippen molar-refractivity contribution in [1.82, 2.24) is 10.6 Å². The number of carbonyl (C=O) groups is 1. The predicted molar refractivity (Wildman–Crippen MR) is 72.2 cm³/mol. The molecule has 0 saturated carbocycles. The molecule has 1 unspecified atom stereocenters. The molecule has 2 rings (SSSR count). The lowest BCUT2D eigenvalue weighted by Crippen LogP contribution is -2.22. The van der Waals surface area contributed by atoms with Crippen molar-refractivity contribution in [2.24, 2.45) is 0 Å². The highest BCUT2D eigenvalue weighted by atomic mass is 19.1. The maximum absolute atomic E-state index is 13.8. The fourth-order valence-electron chi connectivity index (χ4n) is 1.89. The van der Waals surface area contributed by atoms with Gasteiger partial charge in [0, 0.05) is 6.54 Å². The van der Waals surface area contributed by atoms with Crippen LogP contribution in [0.1, 0.15) is 18.9 Å². The standard InChI is InChI=1S/C14H19FN2O3/c1-2-5-16-7-10-3-4-13(12(15)6-10)19-9-11-8-17-14(18)20-11/h3-4,6,11,16H,2,5,7-9H2,1H3,(H,17,18). The Hall–Kier alpha value is -1.82. The van der Waals surface area contributed by atoms with E-state index in [-0.39, 0.29) is 18.5 Å². The Morgan fingerprint density at radius 1 is 1.55 bits per heavy atom. The Labute approximate surface area is 117 Å². The monoisotopic (exact) mass is 282 g/mol. The van der Waals surface area contributed by atoms with Gasteiger partial charge in [0.25, 0.3) is 0 Å². The van der Waals surface area contributed by atoms with Crippen LogP contribution in [0.15, 0.2) is 18.2 Å². The number of alkyl carbamates (subject to hydrolysis) is 1. The summed E-state index contributed by atoms with van der Waals surface area (Å²) < 4.78 is 24.1. The summed E-state index contributed by atoms with van der Waals surface area (Å²) >= 11 is 0. The number of hydrogen-bond donors (Lipinski definition) is 2. The van der Waals surface area contributed by atoms with E-state index in [0.29, 0.717) is 13.1 Å². The van der Waals surface area contributed by atoms with Crippen LogP contribution in [0.5, 0.6) is 5.75 Å².